The first-order valence-corrected chi connectivity index (χ1v) is 13.3. The van der Waals surface area contributed by atoms with Crippen LogP contribution < -0.4 is 4.74 Å². The lowest BCUT2D eigenvalue weighted by molar-refractivity contribution is -0.145. The van der Waals surface area contributed by atoms with E-state index in [-0.39, 0.29) is 5.91 Å². The number of carboxylic acids is 1. The van der Waals surface area contributed by atoms with E-state index in [2.05, 4.69) is 6.92 Å². The van der Waals surface area contributed by atoms with E-state index < -0.39 is 12.0 Å². The van der Waals surface area contributed by atoms with E-state index in [1.807, 2.05) is 30.5 Å². The van der Waals surface area contributed by atoms with Gasteiger partial charge in [-0.05, 0) is 48.6 Å². The molecule has 1 heterocycles. The molecule has 0 aromatic heterocycles. The average Bonchev–Trinajstić information content (AvgIpc) is 3.02. The van der Waals surface area contributed by atoms with Gasteiger partial charge in [0.05, 0.1) is 11.5 Å². The third-order valence-corrected chi connectivity index (χ3v) is 6.93. The Morgan fingerprint density at radius 1 is 1.23 bits per heavy atom. The molecule has 1 fully saturated rings. The second-order valence-electron chi connectivity index (χ2n) is 7.37. The number of unbranched alkanes of at least 4 members (excludes halogenated alkanes) is 5. The zero-order valence-corrected chi connectivity index (χ0v) is 20.6. The van der Waals surface area contributed by atoms with E-state index in [1.165, 1.54) is 37.0 Å². The number of thiocarbonyl (C=S) groups is 1. The Hall–Kier alpha value is -1.51. The Morgan fingerprint density at radius 3 is 2.55 bits per heavy atom. The van der Waals surface area contributed by atoms with Gasteiger partial charge in [0.2, 0.25) is 0 Å². The minimum Gasteiger partial charge on any atom is -0.494 e. The average molecular weight is 482 g/mol. The first kappa shape index (κ1) is 25.7. The first-order chi connectivity index (χ1) is 15.0. The van der Waals surface area contributed by atoms with Crippen LogP contribution in [-0.2, 0) is 9.59 Å². The molecule has 1 aliphatic heterocycles. The van der Waals surface area contributed by atoms with Gasteiger partial charge in [0.15, 0.2) is 0 Å². The number of hydrogen-bond acceptors (Lipinski definition) is 6. The number of carbonyl (C=O) groups is 2. The molecule has 1 saturated heterocycles. The number of amides is 1. The van der Waals surface area contributed by atoms with Crippen molar-refractivity contribution in [3.8, 4) is 5.75 Å². The maximum Gasteiger partial charge on any atom is 0.326 e. The van der Waals surface area contributed by atoms with Crippen molar-refractivity contribution < 1.29 is 19.4 Å². The topological polar surface area (TPSA) is 66.8 Å². The second-order valence-corrected chi connectivity index (χ2v) is 10.0. The molecule has 0 radical (unpaired) electrons. The largest absolute Gasteiger partial charge is 0.494 e. The fourth-order valence-electron chi connectivity index (χ4n) is 3.23. The minimum absolute atomic E-state index is 0.295. The van der Waals surface area contributed by atoms with Crippen LogP contribution in [-0.4, -0.2) is 50.9 Å². The number of hydrogen-bond donors (Lipinski definition) is 1. The van der Waals surface area contributed by atoms with Gasteiger partial charge in [-0.3, -0.25) is 9.69 Å². The third-order valence-electron chi connectivity index (χ3n) is 4.96. The number of thioether (sulfide) groups is 2. The number of carbonyl (C=O) groups excluding carboxylic acids is 1. The highest BCUT2D eigenvalue weighted by Gasteiger charge is 2.40. The van der Waals surface area contributed by atoms with E-state index in [0.717, 1.165) is 29.5 Å². The summed E-state index contributed by atoms with van der Waals surface area (Å²) in [6.07, 6.45) is 11.4. The maximum atomic E-state index is 12.8. The Labute approximate surface area is 199 Å². The van der Waals surface area contributed by atoms with Crippen molar-refractivity contribution >= 4 is 58.0 Å². The van der Waals surface area contributed by atoms with Crippen molar-refractivity contribution in [3.05, 3.63) is 34.7 Å². The highest BCUT2D eigenvalue weighted by atomic mass is 32.2. The highest BCUT2D eigenvalue weighted by molar-refractivity contribution is 8.26. The summed E-state index contributed by atoms with van der Waals surface area (Å²) in [7, 11) is 0. The summed E-state index contributed by atoms with van der Waals surface area (Å²) in [6.45, 7) is 2.92. The second kappa shape index (κ2) is 13.8. The molecule has 0 aliphatic carbocycles. The van der Waals surface area contributed by atoms with Gasteiger partial charge >= 0.3 is 5.97 Å². The molecular weight excluding hydrogens is 450 g/mol. The number of nitrogens with zero attached hydrogens (tertiary/aromatic N) is 1. The molecule has 1 aromatic carbocycles. The summed E-state index contributed by atoms with van der Waals surface area (Å²) < 4.78 is 6.09. The molecular formula is C23H31NO4S3. The van der Waals surface area contributed by atoms with E-state index >= 15 is 0 Å². The quantitative estimate of drug-likeness (QED) is 0.204. The van der Waals surface area contributed by atoms with Gasteiger partial charge in [0.1, 0.15) is 16.1 Å². The summed E-state index contributed by atoms with van der Waals surface area (Å²) in [5.74, 6) is 0.0828. The van der Waals surface area contributed by atoms with Crippen molar-refractivity contribution in [2.24, 2.45) is 0 Å². The van der Waals surface area contributed by atoms with E-state index in [0.29, 0.717) is 28.0 Å². The highest BCUT2D eigenvalue weighted by Crippen LogP contribution is 2.35. The van der Waals surface area contributed by atoms with Crippen molar-refractivity contribution in [2.75, 3.05) is 18.6 Å². The van der Waals surface area contributed by atoms with Crippen LogP contribution in [0, 0.1) is 0 Å². The zero-order chi connectivity index (χ0) is 22.6. The zero-order valence-electron chi connectivity index (χ0n) is 18.2. The molecule has 5 nitrogen and oxygen atoms in total. The molecule has 31 heavy (non-hydrogen) atoms. The van der Waals surface area contributed by atoms with Crippen molar-refractivity contribution in [3.63, 3.8) is 0 Å². The molecule has 8 heteroatoms. The van der Waals surface area contributed by atoms with Crippen LogP contribution in [0.1, 0.15) is 57.4 Å². The van der Waals surface area contributed by atoms with Crippen LogP contribution in [0.2, 0.25) is 0 Å². The molecule has 0 saturated carbocycles. The van der Waals surface area contributed by atoms with E-state index in [9.17, 15) is 14.7 Å². The van der Waals surface area contributed by atoms with Crippen LogP contribution in [0.15, 0.2) is 29.2 Å². The summed E-state index contributed by atoms with van der Waals surface area (Å²) in [6, 6.07) is 6.64. The molecule has 170 valence electrons. The van der Waals surface area contributed by atoms with Crippen LogP contribution in [0.3, 0.4) is 0 Å². The number of ether oxygens (including phenoxy) is 1. The number of benzene rings is 1. The van der Waals surface area contributed by atoms with Crippen molar-refractivity contribution in [1.82, 2.24) is 4.90 Å². The minimum atomic E-state index is -1.03. The third kappa shape index (κ3) is 8.16. The Kier molecular flexibility index (Phi) is 11.5. The SMILES string of the molecule is CCCCCCCCOc1ccc(/C=C2/SC(=S)N([C@H](CCSC)C(=O)O)C2=O)cc1. The molecule has 0 bridgehead atoms. The standard InChI is InChI=1S/C23H31NO4S3/c1-3-4-5-6-7-8-14-28-18-11-9-17(10-12-18)16-20-21(25)24(23(29)31-20)19(22(26)27)13-15-30-2/h9-12,16,19H,3-8,13-15H2,1-2H3,(H,26,27)/b20-16+/t19-/m1/s1. The van der Waals surface area contributed by atoms with Crippen molar-refractivity contribution in [2.45, 2.75) is 57.9 Å². The van der Waals surface area contributed by atoms with Crippen LogP contribution in [0.4, 0.5) is 0 Å². The number of aliphatic carboxylic acids is 1. The fourth-order valence-corrected chi connectivity index (χ4v) is 5.04. The number of carboxylic acid groups (broad SMARTS) is 1. The van der Waals surface area contributed by atoms with Crippen LogP contribution in [0.5, 0.6) is 5.75 Å². The van der Waals surface area contributed by atoms with Gasteiger partial charge in [-0.15, -0.1) is 0 Å². The van der Waals surface area contributed by atoms with E-state index in [4.69, 9.17) is 17.0 Å². The van der Waals surface area contributed by atoms with E-state index in [1.54, 1.807) is 17.8 Å². The van der Waals surface area contributed by atoms with Gasteiger partial charge in [0, 0.05) is 0 Å². The predicted molar refractivity (Wildman–Crippen MR) is 135 cm³/mol. The Balaban J connectivity index is 1.92. The molecule has 1 aliphatic rings. The van der Waals surface area contributed by atoms with Gasteiger partial charge < -0.3 is 9.84 Å². The summed E-state index contributed by atoms with van der Waals surface area (Å²) >= 11 is 8.01. The molecule has 1 N–H and O–H groups in total. The Morgan fingerprint density at radius 2 is 1.90 bits per heavy atom. The maximum absolute atomic E-state index is 12.8. The molecule has 1 amide bonds. The summed E-state index contributed by atoms with van der Waals surface area (Å²) in [4.78, 5) is 26.2. The molecule has 0 spiro atoms. The lowest BCUT2D eigenvalue weighted by Crippen LogP contribution is -2.44. The van der Waals surface area contributed by atoms with Gasteiger partial charge in [-0.25, -0.2) is 4.79 Å². The lowest BCUT2D eigenvalue weighted by atomic mass is 10.1. The van der Waals surface area contributed by atoms with Gasteiger partial charge in [0.25, 0.3) is 5.91 Å². The normalized spacial score (nSPS) is 16.2. The van der Waals surface area contributed by atoms with Crippen LogP contribution >= 0.6 is 35.7 Å². The summed E-state index contributed by atoms with van der Waals surface area (Å²) in [5, 5.41) is 9.54. The predicted octanol–water partition coefficient (Wildman–Crippen LogP) is 5.83. The monoisotopic (exact) mass is 481 g/mol. The Bertz CT molecular complexity index is 780. The smallest absolute Gasteiger partial charge is 0.326 e. The molecule has 1 atom stereocenters. The van der Waals surface area contributed by atoms with Crippen molar-refractivity contribution in [1.29, 1.82) is 0 Å². The number of rotatable bonds is 14. The van der Waals surface area contributed by atoms with Gasteiger partial charge in [-0.1, -0.05) is 75.1 Å². The van der Waals surface area contributed by atoms with Gasteiger partial charge in [-0.2, -0.15) is 11.8 Å². The molecule has 0 unspecified atom stereocenters. The molecule has 2 rings (SSSR count). The van der Waals surface area contributed by atoms with Crippen LogP contribution in [0.25, 0.3) is 6.08 Å². The summed E-state index contributed by atoms with van der Waals surface area (Å²) in [5.41, 5.74) is 0.850. The fraction of sp³-hybridized carbons (Fsp3) is 0.522. The molecule has 1 aromatic rings. The first-order valence-electron chi connectivity index (χ1n) is 10.7. The lowest BCUT2D eigenvalue weighted by Gasteiger charge is -2.22.